The zero-order chi connectivity index (χ0) is 18.4. The molecule has 3 aromatic rings. The van der Waals surface area contributed by atoms with Gasteiger partial charge in [-0.05, 0) is 42.0 Å². The third-order valence-electron chi connectivity index (χ3n) is 4.42. The monoisotopic (exact) mass is 348 g/mol. The van der Waals surface area contributed by atoms with Crippen LogP contribution in [0.15, 0.2) is 61.2 Å². The Morgan fingerprint density at radius 3 is 2.42 bits per heavy atom. The summed E-state index contributed by atoms with van der Waals surface area (Å²) in [6, 6.07) is 16.2. The minimum atomic E-state index is -0.0792. The third kappa shape index (κ3) is 4.36. The molecule has 0 saturated carbocycles. The zero-order valence-electron chi connectivity index (χ0n) is 15.2. The SMILES string of the molecule is CC(C)c1ccc(CCCNC(=O)c2ccccc2-n2cnnc2)cc1. The number of benzene rings is 2. The maximum atomic E-state index is 12.5. The van der Waals surface area contributed by atoms with Crippen molar-refractivity contribution < 1.29 is 4.79 Å². The van der Waals surface area contributed by atoms with E-state index in [1.807, 2.05) is 24.3 Å². The highest BCUT2D eigenvalue weighted by Crippen LogP contribution is 2.16. The summed E-state index contributed by atoms with van der Waals surface area (Å²) in [5, 5.41) is 10.6. The van der Waals surface area contributed by atoms with Crippen LogP contribution in [0.25, 0.3) is 5.69 Å². The standard InChI is InChI=1S/C21H24N4O/c1-16(2)18-11-9-17(10-12-18)6-5-13-22-21(26)19-7-3-4-8-20(19)25-14-23-24-15-25/h3-4,7-12,14-16H,5-6,13H2,1-2H3,(H,22,26). The molecular formula is C21H24N4O. The first-order valence-corrected chi connectivity index (χ1v) is 8.96. The van der Waals surface area contributed by atoms with Crippen LogP contribution >= 0.6 is 0 Å². The first-order chi connectivity index (χ1) is 12.6. The van der Waals surface area contributed by atoms with Gasteiger partial charge in [0.1, 0.15) is 12.7 Å². The number of carbonyl (C=O) groups excluding carboxylic acids is 1. The Morgan fingerprint density at radius 1 is 1.04 bits per heavy atom. The number of nitrogens with one attached hydrogen (secondary N) is 1. The largest absolute Gasteiger partial charge is 0.352 e. The summed E-state index contributed by atoms with van der Waals surface area (Å²) in [6.45, 7) is 5.03. The van der Waals surface area contributed by atoms with Crippen LogP contribution in [0.3, 0.4) is 0 Å². The quantitative estimate of drug-likeness (QED) is 0.662. The van der Waals surface area contributed by atoms with Gasteiger partial charge in [-0.3, -0.25) is 9.36 Å². The molecule has 26 heavy (non-hydrogen) atoms. The number of aromatic nitrogens is 3. The average molecular weight is 348 g/mol. The topological polar surface area (TPSA) is 59.8 Å². The van der Waals surface area contributed by atoms with Crippen LogP contribution < -0.4 is 5.32 Å². The van der Waals surface area contributed by atoms with Crippen molar-refractivity contribution in [1.29, 1.82) is 0 Å². The van der Waals surface area contributed by atoms with Gasteiger partial charge in [-0.1, -0.05) is 50.2 Å². The molecule has 0 radical (unpaired) electrons. The minimum Gasteiger partial charge on any atom is -0.352 e. The molecule has 0 fully saturated rings. The Bertz CT molecular complexity index is 839. The van der Waals surface area contributed by atoms with Crippen molar-refractivity contribution in [3.63, 3.8) is 0 Å². The molecule has 1 N–H and O–H groups in total. The van der Waals surface area contributed by atoms with Crippen molar-refractivity contribution in [2.75, 3.05) is 6.54 Å². The maximum Gasteiger partial charge on any atom is 0.253 e. The van der Waals surface area contributed by atoms with Crippen molar-refractivity contribution in [3.8, 4) is 5.69 Å². The number of hydrogen-bond acceptors (Lipinski definition) is 3. The van der Waals surface area contributed by atoms with Gasteiger partial charge in [0.05, 0.1) is 11.3 Å². The van der Waals surface area contributed by atoms with E-state index < -0.39 is 0 Å². The molecule has 0 saturated heterocycles. The van der Waals surface area contributed by atoms with E-state index in [9.17, 15) is 4.79 Å². The van der Waals surface area contributed by atoms with E-state index in [4.69, 9.17) is 0 Å². The molecule has 0 atom stereocenters. The molecule has 5 nitrogen and oxygen atoms in total. The van der Waals surface area contributed by atoms with Crippen LogP contribution in [0, 0.1) is 0 Å². The number of carbonyl (C=O) groups is 1. The maximum absolute atomic E-state index is 12.5. The van der Waals surface area contributed by atoms with E-state index >= 15 is 0 Å². The molecule has 0 aliphatic heterocycles. The fraction of sp³-hybridized carbons (Fsp3) is 0.286. The van der Waals surface area contributed by atoms with Gasteiger partial charge < -0.3 is 5.32 Å². The summed E-state index contributed by atoms with van der Waals surface area (Å²) in [7, 11) is 0. The molecule has 1 heterocycles. The van der Waals surface area contributed by atoms with Gasteiger partial charge >= 0.3 is 0 Å². The van der Waals surface area contributed by atoms with Crippen LogP contribution in [0.5, 0.6) is 0 Å². The molecule has 0 aliphatic rings. The summed E-state index contributed by atoms with van der Waals surface area (Å²) in [5.74, 6) is 0.471. The van der Waals surface area contributed by atoms with Gasteiger partial charge in [-0.15, -0.1) is 10.2 Å². The number of amides is 1. The molecule has 0 spiro atoms. The normalized spacial score (nSPS) is 10.9. The van der Waals surface area contributed by atoms with E-state index in [-0.39, 0.29) is 5.91 Å². The van der Waals surface area contributed by atoms with Crippen molar-refractivity contribution in [3.05, 3.63) is 77.9 Å². The molecule has 1 amide bonds. The Morgan fingerprint density at radius 2 is 1.73 bits per heavy atom. The van der Waals surface area contributed by atoms with Gasteiger partial charge in [0.15, 0.2) is 0 Å². The van der Waals surface area contributed by atoms with Crippen LogP contribution in [-0.2, 0) is 6.42 Å². The van der Waals surface area contributed by atoms with E-state index in [1.54, 1.807) is 17.2 Å². The fourth-order valence-electron chi connectivity index (χ4n) is 2.87. The summed E-state index contributed by atoms with van der Waals surface area (Å²) < 4.78 is 1.74. The third-order valence-corrected chi connectivity index (χ3v) is 4.42. The summed E-state index contributed by atoms with van der Waals surface area (Å²) >= 11 is 0. The van der Waals surface area contributed by atoms with Gasteiger partial charge in [0, 0.05) is 6.54 Å². The van der Waals surface area contributed by atoms with Crippen molar-refractivity contribution in [1.82, 2.24) is 20.1 Å². The number of nitrogens with zero attached hydrogens (tertiary/aromatic N) is 3. The molecule has 0 bridgehead atoms. The van der Waals surface area contributed by atoms with Crippen LogP contribution in [0.4, 0.5) is 0 Å². The molecule has 134 valence electrons. The first kappa shape index (κ1) is 17.9. The van der Waals surface area contributed by atoms with Crippen molar-refractivity contribution in [2.24, 2.45) is 0 Å². The lowest BCUT2D eigenvalue weighted by Crippen LogP contribution is -2.26. The van der Waals surface area contributed by atoms with Gasteiger partial charge in [0.25, 0.3) is 5.91 Å². The molecule has 1 aromatic heterocycles. The first-order valence-electron chi connectivity index (χ1n) is 8.96. The average Bonchev–Trinajstić information content (AvgIpc) is 3.20. The predicted molar refractivity (Wildman–Crippen MR) is 103 cm³/mol. The van der Waals surface area contributed by atoms with E-state index in [0.717, 1.165) is 18.5 Å². The van der Waals surface area contributed by atoms with Crippen LogP contribution in [0.2, 0.25) is 0 Å². The Kier molecular flexibility index (Phi) is 5.79. The Balaban J connectivity index is 1.54. The van der Waals surface area contributed by atoms with Gasteiger partial charge in [-0.2, -0.15) is 0 Å². The highest BCUT2D eigenvalue weighted by molar-refractivity contribution is 5.97. The second-order valence-corrected chi connectivity index (χ2v) is 6.64. The van der Waals surface area contributed by atoms with E-state index in [1.165, 1.54) is 11.1 Å². The van der Waals surface area contributed by atoms with Crippen molar-refractivity contribution >= 4 is 5.91 Å². The minimum absolute atomic E-state index is 0.0792. The Hall–Kier alpha value is -2.95. The number of hydrogen-bond donors (Lipinski definition) is 1. The predicted octanol–water partition coefficient (Wildman–Crippen LogP) is 3.75. The molecule has 0 unspecified atom stereocenters. The van der Waals surface area contributed by atoms with Gasteiger partial charge in [0.2, 0.25) is 0 Å². The molecule has 2 aromatic carbocycles. The lowest BCUT2D eigenvalue weighted by molar-refractivity contribution is 0.0953. The second-order valence-electron chi connectivity index (χ2n) is 6.64. The van der Waals surface area contributed by atoms with Crippen LogP contribution in [-0.4, -0.2) is 27.2 Å². The highest BCUT2D eigenvalue weighted by Gasteiger charge is 2.11. The number of aryl methyl sites for hydroxylation is 1. The van der Waals surface area contributed by atoms with Crippen molar-refractivity contribution in [2.45, 2.75) is 32.6 Å². The number of rotatable bonds is 7. The van der Waals surface area contributed by atoms with E-state index in [2.05, 4.69) is 53.6 Å². The zero-order valence-corrected chi connectivity index (χ0v) is 15.2. The van der Waals surface area contributed by atoms with E-state index in [0.29, 0.717) is 18.0 Å². The summed E-state index contributed by atoms with van der Waals surface area (Å²) in [6.07, 6.45) is 5.03. The highest BCUT2D eigenvalue weighted by atomic mass is 16.1. The second kappa shape index (κ2) is 8.43. The fourth-order valence-corrected chi connectivity index (χ4v) is 2.87. The summed E-state index contributed by atoms with van der Waals surface area (Å²) in [5.41, 5.74) is 4.05. The smallest absolute Gasteiger partial charge is 0.253 e. The lowest BCUT2D eigenvalue weighted by Gasteiger charge is -2.10. The molecule has 0 aliphatic carbocycles. The van der Waals surface area contributed by atoms with Crippen LogP contribution in [0.1, 0.15) is 47.7 Å². The molecule has 5 heteroatoms. The summed E-state index contributed by atoms with van der Waals surface area (Å²) in [4.78, 5) is 12.5. The lowest BCUT2D eigenvalue weighted by atomic mass is 10.0. The number of para-hydroxylation sites is 1. The Labute approximate surface area is 154 Å². The molecule has 3 rings (SSSR count). The van der Waals surface area contributed by atoms with Gasteiger partial charge in [-0.25, -0.2) is 0 Å². The molecular weight excluding hydrogens is 324 g/mol.